The summed E-state index contributed by atoms with van der Waals surface area (Å²) in [5.74, 6) is 1.42. The van der Waals surface area contributed by atoms with Gasteiger partial charge in [-0.15, -0.1) is 0 Å². The second kappa shape index (κ2) is 5.31. The molecule has 1 saturated carbocycles. The van der Waals surface area contributed by atoms with E-state index in [0.29, 0.717) is 12.0 Å². The van der Waals surface area contributed by atoms with Gasteiger partial charge in [0.1, 0.15) is 5.52 Å². The van der Waals surface area contributed by atoms with Crippen LogP contribution in [0, 0.1) is 5.92 Å². The monoisotopic (exact) mass is 259 g/mol. The van der Waals surface area contributed by atoms with Gasteiger partial charge in [-0.1, -0.05) is 18.6 Å². The van der Waals surface area contributed by atoms with Gasteiger partial charge in [-0.05, 0) is 44.5 Å². The van der Waals surface area contributed by atoms with Crippen LogP contribution in [0.15, 0.2) is 28.7 Å². The second-order valence-electron chi connectivity index (χ2n) is 5.48. The molecule has 4 heteroatoms. The van der Waals surface area contributed by atoms with Gasteiger partial charge < -0.3 is 10.2 Å². The summed E-state index contributed by atoms with van der Waals surface area (Å²) in [6, 6.07) is 8.48. The Morgan fingerprint density at radius 1 is 1.37 bits per heavy atom. The molecule has 0 bridgehead atoms. The molecule has 102 valence electrons. The number of nitrogens with zero attached hydrogens (tertiary/aromatic N) is 2. The predicted molar refractivity (Wildman–Crippen MR) is 75.7 cm³/mol. The maximum Gasteiger partial charge on any atom is 0.209 e. The Labute approximate surface area is 113 Å². The molecule has 1 aliphatic carbocycles. The minimum Gasteiger partial charge on any atom is -0.439 e. The largest absolute Gasteiger partial charge is 0.439 e. The summed E-state index contributed by atoms with van der Waals surface area (Å²) in [5.41, 5.74) is 7.66. The number of fused-ring (bicyclic) bond motifs is 1. The third kappa shape index (κ3) is 2.51. The van der Waals surface area contributed by atoms with Gasteiger partial charge in [0.25, 0.3) is 0 Å². The third-order valence-corrected chi connectivity index (χ3v) is 4.21. The smallest absolute Gasteiger partial charge is 0.209 e. The average Bonchev–Trinajstić information content (AvgIpc) is 3.03. The number of hydrogen-bond donors (Lipinski definition) is 1. The quantitative estimate of drug-likeness (QED) is 0.916. The van der Waals surface area contributed by atoms with Crippen LogP contribution in [0.4, 0.5) is 0 Å². The molecule has 2 unspecified atom stereocenters. The highest BCUT2D eigenvalue weighted by Gasteiger charge is 2.29. The lowest BCUT2D eigenvalue weighted by Gasteiger charge is -2.27. The first kappa shape index (κ1) is 12.6. The van der Waals surface area contributed by atoms with E-state index >= 15 is 0 Å². The van der Waals surface area contributed by atoms with E-state index in [1.165, 1.54) is 19.3 Å². The standard InChI is InChI=1S/C15H21N3O/c1-18(13-7-4-5-11(13)9-16)10-15-17-12-6-2-3-8-14(12)19-15/h2-3,6,8,11,13H,4-5,7,9-10,16H2,1H3. The van der Waals surface area contributed by atoms with Crippen molar-refractivity contribution in [1.82, 2.24) is 9.88 Å². The van der Waals surface area contributed by atoms with Crippen LogP contribution in [0.1, 0.15) is 25.2 Å². The maximum atomic E-state index is 5.85. The zero-order valence-electron chi connectivity index (χ0n) is 11.4. The van der Waals surface area contributed by atoms with Gasteiger partial charge in [-0.2, -0.15) is 0 Å². The van der Waals surface area contributed by atoms with Crippen molar-refractivity contribution in [2.24, 2.45) is 11.7 Å². The van der Waals surface area contributed by atoms with E-state index in [-0.39, 0.29) is 0 Å². The Balaban J connectivity index is 1.73. The summed E-state index contributed by atoms with van der Waals surface area (Å²) in [6.07, 6.45) is 3.77. The van der Waals surface area contributed by atoms with Crippen molar-refractivity contribution in [3.8, 4) is 0 Å². The normalized spacial score (nSPS) is 23.5. The Morgan fingerprint density at radius 2 is 2.21 bits per heavy atom. The van der Waals surface area contributed by atoms with E-state index in [2.05, 4.69) is 16.9 Å². The highest BCUT2D eigenvalue weighted by atomic mass is 16.3. The molecule has 0 aliphatic heterocycles. The summed E-state index contributed by atoms with van der Waals surface area (Å²) in [6.45, 7) is 1.54. The number of aromatic nitrogens is 1. The molecule has 0 saturated heterocycles. The number of benzene rings is 1. The first-order valence-corrected chi connectivity index (χ1v) is 7.02. The molecule has 3 rings (SSSR count). The first-order valence-electron chi connectivity index (χ1n) is 7.02. The van der Waals surface area contributed by atoms with E-state index in [9.17, 15) is 0 Å². The molecular formula is C15H21N3O. The Kier molecular flexibility index (Phi) is 3.53. The Bertz CT molecular complexity index is 518. The molecule has 19 heavy (non-hydrogen) atoms. The maximum absolute atomic E-state index is 5.85. The van der Waals surface area contributed by atoms with E-state index in [4.69, 9.17) is 10.2 Å². The molecule has 0 radical (unpaired) electrons. The summed E-state index contributed by atoms with van der Waals surface area (Å²) in [7, 11) is 2.15. The van der Waals surface area contributed by atoms with Gasteiger partial charge in [0.15, 0.2) is 5.58 Å². The van der Waals surface area contributed by atoms with Gasteiger partial charge in [0.05, 0.1) is 6.54 Å². The van der Waals surface area contributed by atoms with Crippen LogP contribution in [-0.2, 0) is 6.54 Å². The molecule has 0 amide bonds. The highest BCUT2D eigenvalue weighted by molar-refractivity contribution is 5.72. The van der Waals surface area contributed by atoms with Gasteiger partial charge in [-0.25, -0.2) is 4.98 Å². The van der Waals surface area contributed by atoms with Crippen molar-refractivity contribution < 1.29 is 4.42 Å². The molecule has 1 aromatic heterocycles. The molecule has 2 aromatic rings. The van der Waals surface area contributed by atoms with Crippen LogP contribution in [0.25, 0.3) is 11.1 Å². The van der Waals surface area contributed by atoms with Crippen LogP contribution in [0.3, 0.4) is 0 Å². The second-order valence-corrected chi connectivity index (χ2v) is 5.48. The summed E-state index contributed by atoms with van der Waals surface area (Å²) < 4.78 is 5.78. The third-order valence-electron chi connectivity index (χ3n) is 4.21. The van der Waals surface area contributed by atoms with Gasteiger partial charge in [-0.3, -0.25) is 4.90 Å². The predicted octanol–water partition coefficient (Wildman–Crippen LogP) is 2.39. The summed E-state index contributed by atoms with van der Waals surface area (Å²) in [4.78, 5) is 6.88. The van der Waals surface area contributed by atoms with Crippen LogP contribution in [0.2, 0.25) is 0 Å². The molecule has 2 atom stereocenters. The van der Waals surface area contributed by atoms with Crippen molar-refractivity contribution in [3.63, 3.8) is 0 Å². The van der Waals surface area contributed by atoms with Crippen LogP contribution in [-0.4, -0.2) is 29.5 Å². The van der Waals surface area contributed by atoms with Crippen molar-refractivity contribution in [2.45, 2.75) is 31.8 Å². The molecule has 1 aliphatic rings. The number of hydrogen-bond acceptors (Lipinski definition) is 4. The lowest BCUT2D eigenvalue weighted by atomic mass is 10.0. The fraction of sp³-hybridized carbons (Fsp3) is 0.533. The van der Waals surface area contributed by atoms with Crippen LogP contribution < -0.4 is 5.73 Å². The number of nitrogens with two attached hydrogens (primary N) is 1. The fourth-order valence-electron chi connectivity index (χ4n) is 3.19. The van der Waals surface area contributed by atoms with E-state index in [1.54, 1.807) is 0 Å². The van der Waals surface area contributed by atoms with Crippen molar-refractivity contribution >= 4 is 11.1 Å². The Hall–Kier alpha value is -1.39. The summed E-state index contributed by atoms with van der Waals surface area (Å²) >= 11 is 0. The molecule has 1 aromatic carbocycles. The van der Waals surface area contributed by atoms with Crippen molar-refractivity contribution in [2.75, 3.05) is 13.6 Å². The molecule has 2 N–H and O–H groups in total. The number of oxazole rings is 1. The van der Waals surface area contributed by atoms with Crippen molar-refractivity contribution in [1.29, 1.82) is 0 Å². The minimum absolute atomic E-state index is 0.569. The number of para-hydroxylation sites is 2. The zero-order valence-corrected chi connectivity index (χ0v) is 11.4. The van der Waals surface area contributed by atoms with Crippen LogP contribution in [0.5, 0.6) is 0 Å². The SMILES string of the molecule is CN(Cc1nc2ccccc2o1)C1CCCC1CN. The Morgan fingerprint density at radius 3 is 3.00 bits per heavy atom. The lowest BCUT2D eigenvalue weighted by Crippen LogP contribution is -2.37. The lowest BCUT2D eigenvalue weighted by molar-refractivity contribution is 0.178. The average molecular weight is 259 g/mol. The fourth-order valence-corrected chi connectivity index (χ4v) is 3.19. The molecule has 0 spiro atoms. The van der Waals surface area contributed by atoms with E-state index < -0.39 is 0 Å². The minimum atomic E-state index is 0.569. The molecule has 1 heterocycles. The van der Waals surface area contributed by atoms with Gasteiger partial charge in [0, 0.05) is 6.04 Å². The van der Waals surface area contributed by atoms with Gasteiger partial charge in [0.2, 0.25) is 5.89 Å². The first-order chi connectivity index (χ1) is 9.28. The van der Waals surface area contributed by atoms with E-state index in [0.717, 1.165) is 30.1 Å². The van der Waals surface area contributed by atoms with Crippen LogP contribution >= 0.6 is 0 Å². The van der Waals surface area contributed by atoms with Gasteiger partial charge >= 0.3 is 0 Å². The molecular weight excluding hydrogens is 238 g/mol. The zero-order chi connectivity index (χ0) is 13.2. The van der Waals surface area contributed by atoms with E-state index in [1.807, 2.05) is 24.3 Å². The highest BCUT2D eigenvalue weighted by Crippen LogP contribution is 2.29. The molecule has 1 fully saturated rings. The summed E-state index contributed by atoms with van der Waals surface area (Å²) in [5, 5.41) is 0. The molecule has 4 nitrogen and oxygen atoms in total. The number of rotatable bonds is 4. The van der Waals surface area contributed by atoms with Crippen molar-refractivity contribution in [3.05, 3.63) is 30.2 Å². The topological polar surface area (TPSA) is 55.3 Å².